The average molecular weight is 576 g/mol. The van der Waals surface area contributed by atoms with Crippen LogP contribution in [0.1, 0.15) is 51.4 Å². The lowest BCUT2D eigenvalue weighted by Crippen LogP contribution is -2.19. The van der Waals surface area contributed by atoms with Crippen molar-refractivity contribution in [2.45, 2.75) is 27.7 Å². The molecule has 0 aliphatic rings. The summed E-state index contributed by atoms with van der Waals surface area (Å²) in [6, 6.07) is 25.8. The zero-order valence-electron chi connectivity index (χ0n) is 24.6. The van der Waals surface area contributed by atoms with Crippen molar-refractivity contribution >= 4 is 29.0 Å². The molecule has 0 bridgehead atoms. The highest BCUT2D eigenvalue weighted by Crippen LogP contribution is 2.35. The van der Waals surface area contributed by atoms with Gasteiger partial charge in [0.15, 0.2) is 11.5 Å². The number of nitrogens with zero attached hydrogens (tertiary/aromatic N) is 1. The van der Waals surface area contributed by atoms with Crippen LogP contribution in [0.3, 0.4) is 0 Å². The number of hydrazone groups is 1. The Labute approximate surface area is 250 Å². The first kappa shape index (κ1) is 29.1. The smallest absolute Gasteiger partial charge is 0.343 e. The highest BCUT2D eigenvalue weighted by Gasteiger charge is 2.20. The van der Waals surface area contributed by atoms with E-state index in [9.17, 15) is 9.59 Å². The van der Waals surface area contributed by atoms with Crippen molar-refractivity contribution in [3.05, 3.63) is 113 Å². The minimum absolute atomic E-state index is 0.291. The molecule has 8 heteroatoms. The number of ether oxygens (including phenoxy) is 3. The summed E-state index contributed by atoms with van der Waals surface area (Å²) in [5, 5.41) is 5.17. The number of aromatic nitrogens is 1. The van der Waals surface area contributed by atoms with E-state index in [1.807, 2.05) is 58.0 Å². The number of fused-ring (bicyclic) bond motifs is 1. The Bertz CT molecular complexity index is 1810. The van der Waals surface area contributed by atoms with Gasteiger partial charge in [-0.25, -0.2) is 10.2 Å². The van der Waals surface area contributed by atoms with Crippen molar-refractivity contribution in [2.75, 3.05) is 13.2 Å². The lowest BCUT2D eigenvalue weighted by atomic mass is 9.99. The first-order chi connectivity index (χ1) is 20.9. The van der Waals surface area contributed by atoms with E-state index in [1.165, 1.54) is 6.21 Å². The number of para-hydroxylation sites is 1. The Kier molecular flexibility index (Phi) is 8.86. The summed E-state index contributed by atoms with van der Waals surface area (Å²) in [6.45, 7) is 8.69. The van der Waals surface area contributed by atoms with Gasteiger partial charge in [0, 0.05) is 22.0 Å². The van der Waals surface area contributed by atoms with Crippen molar-refractivity contribution in [1.82, 2.24) is 10.4 Å². The van der Waals surface area contributed by atoms with Crippen LogP contribution >= 0.6 is 0 Å². The fraction of sp³-hybridized carbons (Fsp3) is 0.171. The lowest BCUT2D eigenvalue weighted by Gasteiger charge is -2.12. The summed E-state index contributed by atoms with van der Waals surface area (Å²) in [5.74, 6) is 0.355. The third kappa shape index (κ3) is 6.43. The molecule has 2 N–H and O–H groups in total. The number of nitrogens with one attached hydrogen (secondary N) is 2. The largest absolute Gasteiger partial charge is 0.490 e. The number of carbonyl (C=O) groups is 2. The van der Waals surface area contributed by atoms with Crippen LogP contribution in [0.25, 0.3) is 22.0 Å². The summed E-state index contributed by atoms with van der Waals surface area (Å²) in [7, 11) is 0. The van der Waals surface area contributed by atoms with Crippen LogP contribution in [-0.4, -0.2) is 36.3 Å². The molecule has 0 spiro atoms. The second-order valence-corrected chi connectivity index (χ2v) is 9.90. The van der Waals surface area contributed by atoms with Gasteiger partial charge in [-0.15, -0.1) is 0 Å². The third-order valence-electron chi connectivity index (χ3n) is 6.81. The Balaban J connectivity index is 1.37. The second-order valence-electron chi connectivity index (χ2n) is 9.90. The summed E-state index contributed by atoms with van der Waals surface area (Å²) < 4.78 is 16.9. The first-order valence-electron chi connectivity index (χ1n) is 14.1. The van der Waals surface area contributed by atoms with Gasteiger partial charge in [0.25, 0.3) is 5.91 Å². The summed E-state index contributed by atoms with van der Waals surface area (Å²) in [4.78, 5) is 29.8. The van der Waals surface area contributed by atoms with E-state index in [1.54, 1.807) is 42.5 Å². The average Bonchev–Trinajstić information content (AvgIpc) is 3.39. The Hall–Kier alpha value is -5.37. The molecular weight excluding hydrogens is 542 g/mol. The number of H-pyrrole nitrogens is 1. The summed E-state index contributed by atoms with van der Waals surface area (Å²) in [6.07, 6.45) is 1.45. The van der Waals surface area contributed by atoms with Crippen LogP contribution in [0.2, 0.25) is 0 Å². The monoisotopic (exact) mass is 575 g/mol. The fourth-order valence-corrected chi connectivity index (χ4v) is 4.96. The molecule has 1 aromatic heterocycles. The molecule has 0 fully saturated rings. The molecule has 1 heterocycles. The van der Waals surface area contributed by atoms with Crippen LogP contribution in [-0.2, 0) is 0 Å². The maximum absolute atomic E-state index is 13.4. The standard InChI is InChI=1S/C35H33N3O5/c1-5-41-29-17-16-25(20-30(29)42-6-2)35(40)43-28-15-11-10-14-26(28)21-36-38-34(39)33-31(24-12-8-7-9-13-24)27-19-22(3)18-23(4)32(27)37-33/h7-21,37H,5-6H2,1-4H3,(H,38,39). The van der Waals surface area contributed by atoms with Gasteiger partial charge < -0.3 is 19.2 Å². The molecule has 5 rings (SSSR count). The Morgan fingerprint density at radius 3 is 2.33 bits per heavy atom. The van der Waals surface area contributed by atoms with E-state index in [-0.39, 0.29) is 0 Å². The van der Waals surface area contributed by atoms with Gasteiger partial charge in [0.2, 0.25) is 0 Å². The molecule has 0 aliphatic heterocycles. The van der Waals surface area contributed by atoms with Crippen molar-refractivity contribution in [3.8, 4) is 28.4 Å². The third-order valence-corrected chi connectivity index (χ3v) is 6.81. The predicted molar refractivity (Wildman–Crippen MR) is 168 cm³/mol. The van der Waals surface area contributed by atoms with E-state index in [4.69, 9.17) is 14.2 Å². The molecule has 218 valence electrons. The lowest BCUT2D eigenvalue weighted by molar-refractivity contribution is 0.0733. The molecule has 0 radical (unpaired) electrons. The molecule has 0 saturated carbocycles. The molecular formula is C35H33N3O5. The van der Waals surface area contributed by atoms with E-state index < -0.39 is 11.9 Å². The van der Waals surface area contributed by atoms with Crippen LogP contribution in [0.15, 0.2) is 90.0 Å². The maximum Gasteiger partial charge on any atom is 0.343 e. The van der Waals surface area contributed by atoms with Crippen LogP contribution < -0.4 is 19.6 Å². The van der Waals surface area contributed by atoms with Crippen molar-refractivity contribution in [1.29, 1.82) is 0 Å². The molecule has 0 atom stereocenters. The SMILES string of the molecule is CCOc1ccc(C(=O)Oc2ccccc2C=NNC(=O)c2[nH]c3c(C)cc(C)cc3c2-c2ccccc2)cc1OCC. The first-order valence-corrected chi connectivity index (χ1v) is 14.1. The Morgan fingerprint density at radius 2 is 1.56 bits per heavy atom. The van der Waals surface area contributed by atoms with Gasteiger partial charge in [0.05, 0.1) is 25.0 Å². The summed E-state index contributed by atoms with van der Waals surface area (Å²) in [5.41, 5.74) is 8.66. The molecule has 4 aromatic carbocycles. The predicted octanol–water partition coefficient (Wildman–Crippen LogP) is 7.23. The van der Waals surface area contributed by atoms with Gasteiger partial charge in [0.1, 0.15) is 11.4 Å². The normalized spacial score (nSPS) is 11.1. The second kappa shape index (κ2) is 13.1. The van der Waals surface area contributed by atoms with Crippen LogP contribution in [0, 0.1) is 13.8 Å². The van der Waals surface area contributed by atoms with Gasteiger partial charge >= 0.3 is 5.97 Å². The highest BCUT2D eigenvalue weighted by molar-refractivity contribution is 6.10. The molecule has 1 amide bonds. The highest BCUT2D eigenvalue weighted by atomic mass is 16.5. The van der Waals surface area contributed by atoms with Crippen molar-refractivity contribution in [2.24, 2.45) is 5.10 Å². The van der Waals surface area contributed by atoms with Gasteiger partial charge in [-0.2, -0.15) is 5.10 Å². The maximum atomic E-state index is 13.4. The number of hydrogen-bond acceptors (Lipinski definition) is 6. The molecule has 0 unspecified atom stereocenters. The summed E-state index contributed by atoms with van der Waals surface area (Å²) >= 11 is 0. The van der Waals surface area contributed by atoms with E-state index >= 15 is 0 Å². The molecule has 0 saturated heterocycles. The van der Waals surface area contributed by atoms with E-state index in [0.29, 0.717) is 47.3 Å². The Morgan fingerprint density at radius 1 is 0.837 bits per heavy atom. The topological polar surface area (TPSA) is 102 Å². The molecule has 0 aliphatic carbocycles. The number of hydrogen-bond donors (Lipinski definition) is 2. The minimum atomic E-state index is -0.565. The number of rotatable bonds is 10. The molecule has 8 nitrogen and oxygen atoms in total. The van der Waals surface area contributed by atoms with E-state index in [2.05, 4.69) is 27.6 Å². The zero-order chi connectivity index (χ0) is 30.3. The van der Waals surface area contributed by atoms with Crippen molar-refractivity contribution < 1.29 is 23.8 Å². The van der Waals surface area contributed by atoms with Crippen molar-refractivity contribution in [3.63, 3.8) is 0 Å². The zero-order valence-corrected chi connectivity index (χ0v) is 24.6. The fourth-order valence-electron chi connectivity index (χ4n) is 4.96. The van der Waals surface area contributed by atoms with Crippen LogP contribution in [0.5, 0.6) is 17.2 Å². The van der Waals surface area contributed by atoms with Gasteiger partial charge in [-0.1, -0.05) is 54.1 Å². The van der Waals surface area contributed by atoms with E-state index in [0.717, 1.165) is 33.2 Å². The molecule has 43 heavy (non-hydrogen) atoms. The van der Waals surface area contributed by atoms with Gasteiger partial charge in [-0.3, -0.25) is 4.79 Å². The number of aryl methyl sites for hydroxylation is 2. The number of benzene rings is 4. The number of esters is 1. The molecule has 5 aromatic rings. The minimum Gasteiger partial charge on any atom is -0.490 e. The van der Waals surface area contributed by atoms with Gasteiger partial charge in [-0.05, 0) is 75.2 Å². The van der Waals surface area contributed by atoms with Crippen LogP contribution in [0.4, 0.5) is 0 Å². The quantitative estimate of drug-likeness (QED) is 0.0792. The number of carbonyl (C=O) groups excluding carboxylic acids is 2. The number of amides is 1. The number of aromatic amines is 1.